The summed E-state index contributed by atoms with van der Waals surface area (Å²) < 4.78 is 6.05. The fraction of sp³-hybridized carbons (Fsp3) is 0.238. The quantitative estimate of drug-likeness (QED) is 0.625. The number of carbonyl (C=O) groups is 1. The van der Waals surface area contributed by atoms with Crippen molar-refractivity contribution in [2.75, 3.05) is 18.0 Å². The van der Waals surface area contributed by atoms with Gasteiger partial charge in [-0.3, -0.25) is 4.79 Å². The van der Waals surface area contributed by atoms with Crippen molar-refractivity contribution in [1.29, 1.82) is 0 Å². The molecular weight excluding hydrogens is 348 g/mol. The van der Waals surface area contributed by atoms with E-state index in [0.29, 0.717) is 10.7 Å². The third-order valence-corrected chi connectivity index (χ3v) is 4.99. The number of halogens is 1. The summed E-state index contributed by atoms with van der Waals surface area (Å²) in [4.78, 5) is 18.3. The minimum atomic E-state index is 0.167. The minimum absolute atomic E-state index is 0.167. The summed E-state index contributed by atoms with van der Waals surface area (Å²) in [5, 5.41) is 1.75. The van der Waals surface area contributed by atoms with E-state index in [1.165, 1.54) is 0 Å². The number of benzene rings is 2. The lowest BCUT2D eigenvalue weighted by Crippen LogP contribution is -2.38. The number of hydrogen-bond acceptors (Lipinski definition) is 4. The number of ether oxygens (including phenoxy) is 1. The lowest BCUT2D eigenvalue weighted by atomic mass is 10.1. The van der Waals surface area contributed by atoms with E-state index < -0.39 is 0 Å². The predicted octanol–water partition coefficient (Wildman–Crippen LogP) is 4.75. The van der Waals surface area contributed by atoms with Crippen LogP contribution in [-0.2, 0) is 0 Å². The Morgan fingerprint density at radius 1 is 1.08 bits per heavy atom. The SMILES string of the molecule is O=Cc1nc2ccccc2cc1N1CCC(Oc2ccc(Cl)cc2)CC1. The first-order chi connectivity index (χ1) is 12.7. The van der Waals surface area contributed by atoms with Crippen LogP contribution < -0.4 is 9.64 Å². The van der Waals surface area contributed by atoms with Gasteiger partial charge in [0.2, 0.25) is 0 Å². The Kier molecular flexibility index (Phi) is 4.76. The molecular formula is C21H19ClN2O2. The van der Waals surface area contributed by atoms with Gasteiger partial charge in [0.15, 0.2) is 6.29 Å². The van der Waals surface area contributed by atoms with Gasteiger partial charge in [-0.1, -0.05) is 29.8 Å². The molecule has 3 aromatic rings. The molecule has 5 heteroatoms. The molecule has 0 bridgehead atoms. The molecule has 0 amide bonds. The van der Waals surface area contributed by atoms with Crippen LogP contribution in [0, 0.1) is 0 Å². The number of fused-ring (bicyclic) bond motifs is 1. The van der Waals surface area contributed by atoms with Crippen molar-refractivity contribution < 1.29 is 9.53 Å². The highest BCUT2D eigenvalue weighted by Gasteiger charge is 2.23. The molecule has 0 radical (unpaired) electrons. The van der Waals surface area contributed by atoms with E-state index in [-0.39, 0.29) is 6.10 Å². The van der Waals surface area contributed by atoms with Crippen molar-refractivity contribution in [3.63, 3.8) is 0 Å². The first-order valence-electron chi connectivity index (χ1n) is 8.75. The number of aldehydes is 1. The number of nitrogens with zero attached hydrogens (tertiary/aromatic N) is 2. The van der Waals surface area contributed by atoms with Gasteiger partial charge in [-0.05, 0) is 36.4 Å². The highest BCUT2D eigenvalue weighted by Crippen LogP contribution is 2.28. The second-order valence-electron chi connectivity index (χ2n) is 6.46. The molecule has 1 saturated heterocycles. The Labute approximate surface area is 157 Å². The zero-order valence-electron chi connectivity index (χ0n) is 14.3. The minimum Gasteiger partial charge on any atom is -0.490 e. The van der Waals surface area contributed by atoms with Crippen LogP contribution in [-0.4, -0.2) is 30.5 Å². The maximum atomic E-state index is 11.5. The normalized spacial score (nSPS) is 15.2. The van der Waals surface area contributed by atoms with E-state index in [2.05, 4.69) is 16.0 Å². The average Bonchev–Trinajstić information content (AvgIpc) is 2.69. The van der Waals surface area contributed by atoms with E-state index in [1.54, 1.807) is 0 Å². The van der Waals surface area contributed by atoms with E-state index in [0.717, 1.165) is 54.6 Å². The van der Waals surface area contributed by atoms with Gasteiger partial charge >= 0.3 is 0 Å². The van der Waals surface area contributed by atoms with Crippen molar-refractivity contribution in [2.45, 2.75) is 18.9 Å². The largest absolute Gasteiger partial charge is 0.490 e. The molecule has 4 rings (SSSR count). The van der Waals surface area contributed by atoms with Crippen LogP contribution in [0.4, 0.5) is 5.69 Å². The zero-order valence-corrected chi connectivity index (χ0v) is 15.0. The second kappa shape index (κ2) is 7.34. The number of carbonyl (C=O) groups excluding carboxylic acids is 1. The summed E-state index contributed by atoms with van der Waals surface area (Å²) in [6.45, 7) is 1.66. The molecule has 0 saturated carbocycles. The van der Waals surface area contributed by atoms with E-state index >= 15 is 0 Å². The highest BCUT2D eigenvalue weighted by molar-refractivity contribution is 6.30. The summed E-state index contributed by atoms with van der Waals surface area (Å²) in [6.07, 6.45) is 2.81. The summed E-state index contributed by atoms with van der Waals surface area (Å²) in [5.74, 6) is 0.841. The average molecular weight is 367 g/mol. The summed E-state index contributed by atoms with van der Waals surface area (Å²) >= 11 is 5.91. The first kappa shape index (κ1) is 16.9. The van der Waals surface area contributed by atoms with Gasteiger partial charge in [-0.25, -0.2) is 4.98 Å². The smallest absolute Gasteiger partial charge is 0.170 e. The van der Waals surface area contributed by atoms with Crippen molar-refractivity contribution >= 4 is 34.5 Å². The Morgan fingerprint density at radius 3 is 2.54 bits per heavy atom. The first-order valence-corrected chi connectivity index (χ1v) is 9.13. The number of aromatic nitrogens is 1. The van der Waals surface area contributed by atoms with Crippen LogP contribution in [0.1, 0.15) is 23.3 Å². The van der Waals surface area contributed by atoms with E-state index in [4.69, 9.17) is 16.3 Å². The van der Waals surface area contributed by atoms with Gasteiger partial charge in [0.05, 0.1) is 11.2 Å². The molecule has 0 aliphatic carbocycles. The summed E-state index contributed by atoms with van der Waals surface area (Å²) in [5.41, 5.74) is 2.25. The maximum absolute atomic E-state index is 11.5. The van der Waals surface area contributed by atoms with Gasteiger partial charge < -0.3 is 9.64 Å². The predicted molar refractivity (Wildman–Crippen MR) is 104 cm³/mol. The molecule has 1 aliphatic rings. The van der Waals surface area contributed by atoms with Crippen LogP contribution in [0.25, 0.3) is 10.9 Å². The molecule has 26 heavy (non-hydrogen) atoms. The topological polar surface area (TPSA) is 42.4 Å². The fourth-order valence-corrected chi connectivity index (χ4v) is 3.51. The van der Waals surface area contributed by atoms with Gasteiger partial charge in [-0.15, -0.1) is 0 Å². The molecule has 132 valence electrons. The van der Waals surface area contributed by atoms with Crippen molar-refractivity contribution in [1.82, 2.24) is 4.98 Å². The number of hydrogen-bond donors (Lipinski definition) is 0. The third kappa shape index (κ3) is 3.51. The second-order valence-corrected chi connectivity index (χ2v) is 6.90. The van der Waals surface area contributed by atoms with E-state index in [9.17, 15) is 4.79 Å². The van der Waals surface area contributed by atoms with Gasteiger partial charge in [-0.2, -0.15) is 0 Å². The molecule has 4 nitrogen and oxygen atoms in total. The van der Waals surface area contributed by atoms with Crippen LogP contribution in [0.15, 0.2) is 54.6 Å². The maximum Gasteiger partial charge on any atom is 0.170 e. The number of anilines is 1. The Morgan fingerprint density at radius 2 is 1.81 bits per heavy atom. The Bertz CT molecular complexity index is 919. The molecule has 1 fully saturated rings. The van der Waals surface area contributed by atoms with Gasteiger partial charge in [0.25, 0.3) is 0 Å². The lowest BCUT2D eigenvalue weighted by molar-refractivity contribution is 0.111. The van der Waals surface area contributed by atoms with Gasteiger partial charge in [0, 0.05) is 36.3 Å². The van der Waals surface area contributed by atoms with Crippen LogP contribution in [0.3, 0.4) is 0 Å². The molecule has 1 aromatic heterocycles. The van der Waals surface area contributed by atoms with Gasteiger partial charge in [0.1, 0.15) is 17.5 Å². The molecule has 0 N–H and O–H groups in total. The fourth-order valence-electron chi connectivity index (χ4n) is 3.38. The molecule has 0 spiro atoms. The zero-order chi connectivity index (χ0) is 17.9. The molecule has 2 heterocycles. The van der Waals surface area contributed by atoms with Crippen molar-refractivity contribution in [3.8, 4) is 5.75 Å². The summed E-state index contributed by atoms with van der Waals surface area (Å²) in [6, 6.07) is 17.4. The van der Waals surface area contributed by atoms with E-state index in [1.807, 2.05) is 48.5 Å². The van der Waals surface area contributed by atoms with Crippen molar-refractivity contribution in [2.24, 2.45) is 0 Å². The van der Waals surface area contributed by atoms with Crippen LogP contribution in [0.5, 0.6) is 5.75 Å². The number of rotatable bonds is 4. The molecule has 0 unspecified atom stereocenters. The number of pyridine rings is 1. The monoisotopic (exact) mass is 366 g/mol. The standard InChI is InChI=1S/C21H19ClN2O2/c22-16-5-7-17(8-6-16)26-18-9-11-24(12-10-18)21-13-15-3-1-2-4-19(15)23-20(21)14-25/h1-8,13-14,18H,9-12H2. The number of para-hydroxylation sites is 1. The van der Waals surface area contributed by atoms with Crippen LogP contribution in [0.2, 0.25) is 5.02 Å². The molecule has 0 atom stereocenters. The van der Waals surface area contributed by atoms with Crippen molar-refractivity contribution in [3.05, 3.63) is 65.3 Å². The Balaban J connectivity index is 1.48. The Hall–Kier alpha value is -2.59. The third-order valence-electron chi connectivity index (χ3n) is 4.74. The molecule has 2 aromatic carbocycles. The lowest BCUT2D eigenvalue weighted by Gasteiger charge is -2.34. The highest BCUT2D eigenvalue weighted by atomic mass is 35.5. The van der Waals surface area contributed by atoms with Crippen LogP contribution >= 0.6 is 11.6 Å². The summed E-state index contributed by atoms with van der Waals surface area (Å²) in [7, 11) is 0. The molecule has 1 aliphatic heterocycles. The number of piperidine rings is 1.